The largest absolute Gasteiger partial charge is 0.454 e. The van der Waals surface area contributed by atoms with Gasteiger partial charge in [-0.3, -0.25) is 9.59 Å². The standard InChI is InChI=1S/C16H22N2O4/c1-10(2)14(16(21)22-9-13(19)17-4)18-15(20)12-8-6-5-7-11(12)3/h5-8,10,14H,9H2,1-4H3,(H,17,19)(H,18,20)/t14-/m0/s1. The zero-order valence-electron chi connectivity index (χ0n) is 13.3. The number of amides is 2. The molecule has 0 fully saturated rings. The highest BCUT2D eigenvalue weighted by molar-refractivity contribution is 5.98. The average molecular weight is 306 g/mol. The zero-order chi connectivity index (χ0) is 16.7. The smallest absolute Gasteiger partial charge is 0.329 e. The van der Waals surface area contributed by atoms with Gasteiger partial charge in [0.25, 0.3) is 11.8 Å². The number of nitrogens with one attached hydrogen (secondary N) is 2. The summed E-state index contributed by atoms with van der Waals surface area (Å²) in [5.41, 5.74) is 1.33. The van der Waals surface area contributed by atoms with E-state index < -0.39 is 17.9 Å². The molecule has 22 heavy (non-hydrogen) atoms. The highest BCUT2D eigenvalue weighted by Gasteiger charge is 2.27. The summed E-state index contributed by atoms with van der Waals surface area (Å²) in [5, 5.41) is 5.03. The van der Waals surface area contributed by atoms with Gasteiger partial charge in [-0.1, -0.05) is 32.0 Å². The molecular formula is C16H22N2O4. The van der Waals surface area contributed by atoms with Crippen molar-refractivity contribution in [3.05, 3.63) is 35.4 Å². The summed E-state index contributed by atoms with van der Waals surface area (Å²) in [7, 11) is 1.45. The fourth-order valence-corrected chi connectivity index (χ4v) is 1.84. The van der Waals surface area contributed by atoms with E-state index in [0.29, 0.717) is 5.56 Å². The second kappa shape index (κ2) is 8.17. The molecule has 1 atom stereocenters. The molecule has 1 rings (SSSR count). The van der Waals surface area contributed by atoms with Gasteiger partial charge in [0.1, 0.15) is 6.04 Å². The Labute approximate surface area is 130 Å². The predicted octanol–water partition coefficient (Wildman–Crippen LogP) is 1.04. The van der Waals surface area contributed by atoms with Crippen molar-refractivity contribution in [1.82, 2.24) is 10.6 Å². The summed E-state index contributed by atoms with van der Waals surface area (Å²) < 4.78 is 4.92. The SMILES string of the molecule is CNC(=O)COC(=O)[C@@H](NC(=O)c1ccccc1C)C(C)C. The molecule has 0 saturated heterocycles. The van der Waals surface area contributed by atoms with E-state index in [1.54, 1.807) is 26.0 Å². The first-order valence-electron chi connectivity index (χ1n) is 7.10. The van der Waals surface area contributed by atoms with Gasteiger partial charge in [-0.2, -0.15) is 0 Å². The van der Waals surface area contributed by atoms with Crippen LogP contribution < -0.4 is 10.6 Å². The molecule has 120 valence electrons. The van der Waals surface area contributed by atoms with Gasteiger partial charge in [-0.05, 0) is 24.5 Å². The highest BCUT2D eigenvalue weighted by Crippen LogP contribution is 2.10. The zero-order valence-corrected chi connectivity index (χ0v) is 13.3. The third kappa shape index (κ3) is 4.87. The Morgan fingerprint density at radius 2 is 1.82 bits per heavy atom. The van der Waals surface area contributed by atoms with Crippen LogP contribution in [0.15, 0.2) is 24.3 Å². The van der Waals surface area contributed by atoms with Crippen LogP contribution in [0.1, 0.15) is 29.8 Å². The van der Waals surface area contributed by atoms with Crippen molar-refractivity contribution in [1.29, 1.82) is 0 Å². The summed E-state index contributed by atoms with van der Waals surface area (Å²) in [6, 6.07) is 6.30. The Balaban J connectivity index is 2.76. The Morgan fingerprint density at radius 1 is 1.18 bits per heavy atom. The van der Waals surface area contributed by atoms with Crippen LogP contribution >= 0.6 is 0 Å². The maximum atomic E-state index is 12.3. The van der Waals surface area contributed by atoms with Gasteiger partial charge in [-0.25, -0.2) is 4.79 Å². The Morgan fingerprint density at radius 3 is 2.36 bits per heavy atom. The number of esters is 1. The normalized spacial score (nSPS) is 11.7. The molecule has 0 spiro atoms. The minimum Gasteiger partial charge on any atom is -0.454 e. The van der Waals surface area contributed by atoms with Crippen LogP contribution in [-0.2, 0) is 14.3 Å². The van der Waals surface area contributed by atoms with Gasteiger partial charge in [0.15, 0.2) is 6.61 Å². The number of likely N-dealkylation sites (N-methyl/N-ethyl adjacent to an activating group) is 1. The van der Waals surface area contributed by atoms with E-state index in [9.17, 15) is 14.4 Å². The summed E-state index contributed by atoms with van der Waals surface area (Å²) >= 11 is 0. The van der Waals surface area contributed by atoms with Gasteiger partial charge in [0.2, 0.25) is 0 Å². The molecule has 6 nitrogen and oxygen atoms in total. The van der Waals surface area contributed by atoms with E-state index in [1.165, 1.54) is 7.05 Å². The fourth-order valence-electron chi connectivity index (χ4n) is 1.84. The van der Waals surface area contributed by atoms with Crippen molar-refractivity contribution >= 4 is 17.8 Å². The van der Waals surface area contributed by atoms with Crippen LogP contribution in [0.5, 0.6) is 0 Å². The average Bonchev–Trinajstić information content (AvgIpc) is 2.49. The predicted molar refractivity (Wildman–Crippen MR) is 82.3 cm³/mol. The van der Waals surface area contributed by atoms with E-state index in [1.807, 2.05) is 19.1 Å². The number of rotatable bonds is 6. The molecule has 0 unspecified atom stereocenters. The lowest BCUT2D eigenvalue weighted by atomic mass is 10.0. The first kappa shape index (κ1) is 17.7. The molecule has 0 heterocycles. The number of hydrogen-bond acceptors (Lipinski definition) is 4. The molecule has 0 radical (unpaired) electrons. The van der Waals surface area contributed by atoms with Crippen LogP contribution in [0.4, 0.5) is 0 Å². The summed E-state index contributed by atoms with van der Waals surface area (Å²) in [6.45, 7) is 5.05. The first-order valence-corrected chi connectivity index (χ1v) is 7.10. The molecule has 0 saturated carbocycles. The third-order valence-electron chi connectivity index (χ3n) is 3.22. The number of benzene rings is 1. The minimum absolute atomic E-state index is 0.162. The maximum absolute atomic E-state index is 12.3. The first-order chi connectivity index (χ1) is 10.4. The van der Waals surface area contributed by atoms with Crippen molar-refractivity contribution in [2.24, 2.45) is 5.92 Å². The minimum atomic E-state index is -0.809. The van der Waals surface area contributed by atoms with Crippen molar-refractivity contribution in [2.75, 3.05) is 13.7 Å². The molecular weight excluding hydrogens is 284 g/mol. The molecule has 0 aliphatic heterocycles. The third-order valence-corrected chi connectivity index (χ3v) is 3.22. The highest BCUT2D eigenvalue weighted by atomic mass is 16.5. The van der Waals surface area contributed by atoms with Gasteiger partial charge in [0, 0.05) is 12.6 Å². The number of hydrogen-bond donors (Lipinski definition) is 2. The summed E-state index contributed by atoms with van der Waals surface area (Å²) in [6.07, 6.45) is 0. The molecule has 0 aliphatic carbocycles. The summed E-state index contributed by atoms with van der Waals surface area (Å²) in [5.74, 6) is -1.53. The van der Waals surface area contributed by atoms with Gasteiger partial charge in [0.05, 0.1) is 0 Å². The van der Waals surface area contributed by atoms with Crippen LogP contribution in [0, 0.1) is 12.8 Å². The van der Waals surface area contributed by atoms with Crippen LogP contribution in [0.3, 0.4) is 0 Å². The molecule has 0 bridgehead atoms. The topological polar surface area (TPSA) is 84.5 Å². The van der Waals surface area contributed by atoms with Crippen molar-refractivity contribution in [2.45, 2.75) is 26.8 Å². The van der Waals surface area contributed by atoms with E-state index in [0.717, 1.165) is 5.56 Å². The van der Waals surface area contributed by atoms with E-state index in [2.05, 4.69) is 10.6 Å². The molecule has 0 aromatic heterocycles. The van der Waals surface area contributed by atoms with Crippen LogP contribution in [0.25, 0.3) is 0 Å². The van der Waals surface area contributed by atoms with Gasteiger partial charge in [-0.15, -0.1) is 0 Å². The van der Waals surface area contributed by atoms with Gasteiger partial charge >= 0.3 is 5.97 Å². The Kier molecular flexibility index (Phi) is 6.56. The number of ether oxygens (including phenoxy) is 1. The fraction of sp³-hybridized carbons (Fsp3) is 0.438. The number of aryl methyl sites for hydroxylation is 1. The Bertz CT molecular complexity index is 555. The van der Waals surface area contributed by atoms with Crippen LogP contribution in [0.2, 0.25) is 0 Å². The van der Waals surface area contributed by atoms with E-state index >= 15 is 0 Å². The molecule has 2 N–H and O–H groups in total. The maximum Gasteiger partial charge on any atom is 0.329 e. The van der Waals surface area contributed by atoms with Gasteiger partial charge < -0.3 is 15.4 Å². The number of carbonyl (C=O) groups is 3. The number of carbonyl (C=O) groups excluding carboxylic acids is 3. The van der Waals surface area contributed by atoms with Crippen LogP contribution in [-0.4, -0.2) is 37.5 Å². The van der Waals surface area contributed by atoms with E-state index in [4.69, 9.17) is 4.74 Å². The second-order valence-electron chi connectivity index (χ2n) is 5.29. The molecule has 2 amide bonds. The molecule has 1 aromatic rings. The monoisotopic (exact) mass is 306 g/mol. The lowest BCUT2D eigenvalue weighted by Crippen LogP contribution is -2.46. The molecule has 6 heteroatoms. The van der Waals surface area contributed by atoms with Crippen molar-refractivity contribution in [3.63, 3.8) is 0 Å². The second-order valence-corrected chi connectivity index (χ2v) is 5.29. The van der Waals surface area contributed by atoms with Crippen molar-refractivity contribution in [3.8, 4) is 0 Å². The lowest BCUT2D eigenvalue weighted by Gasteiger charge is -2.21. The lowest BCUT2D eigenvalue weighted by molar-refractivity contribution is -0.151. The van der Waals surface area contributed by atoms with Crippen molar-refractivity contribution < 1.29 is 19.1 Å². The molecule has 1 aromatic carbocycles. The summed E-state index contributed by atoms with van der Waals surface area (Å²) in [4.78, 5) is 35.4. The molecule has 0 aliphatic rings. The Hall–Kier alpha value is -2.37. The van der Waals surface area contributed by atoms with E-state index in [-0.39, 0.29) is 18.4 Å². The quantitative estimate of drug-likeness (QED) is 0.769.